The van der Waals surface area contributed by atoms with Gasteiger partial charge in [0.25, 0.3) is 0 Å². The Bertz CT molecular complexity index is 607. The fourth-order valence-electron chi connectivity index (χ4n) is 2.83. The SMILES string of the molecule is Cc1csc([C@@H]2CCCN(C(=O)[C@H](C)n3ccnc3)C2)n1. The van der Waals surface area contributed by atoms with Gasteiger partial charge in [0, 0.05) is 42.5 Å². The monoisotopic (exact) mass is 304 g/mol. The molecule has 0 radical (unpaired) electrons. The molecule has 1 aliphatic rings. The standard InChI is InChI=1S/C15H20N4OS/c1-11-9-21-14(17-11)13-4-3-6-18(8-13)15(20)12(2)19-7-5-16-10-19/h5,7,9-10,12-13H,3-4,6,8H2,1-2H3/t12-,13+/m0/s1. The molecule has 0 saturated carbocycles. The zero-order chi connectivity index (χ0) is 14.8. The summed E-state index contributed by atoms with van der Waals surface area (Å²) in [6, 6.07) is -0.190. The van der Waals surface area contributed by atoms with E-state index in [0.29, 0.717) is 5.92 Å². The molecule has 0 N–H and O–H groups in total. The van der Waals surface area contributed by atoms with Crippen molar-refractivity contribution in [2.75, 3.05) is 13.1 Å². The Balaban J connectivity index is 1.69. The minimum Gasteiger partial charge on any atom is -0.340 e. The van der Waals surface area contributed by atoms with Crippen LogP contribution in [0.5, 0.6) is 0 Å². The molecule has 1 aliphatic heterocycles. The molecule has 1 saturated heterocycles. The molecule has 1 fully saturated rings. The molecule has 5 nitrogen and oxygen atoms in total. The Kier molecular flexibility index (Phi) is 4.05. The molecular weight excluding hydrogens is 284 g/mol. The van der Waals surface area contributed by atoms with E-state index < -0.39 is 0 Å². The highest BCUT2D eigenvalue weighted by Gasteiger charge is 2.29. The normalized spacial score (nSPS) is 20.5. The third-order valence-electron chi connectivity index (χ3n) is 4.05. The molecule has 3 heterocycles. The first-order valence-electron chi connectivity index (χ1n) is 7.33. The summed E-state index contributed by atoms with van der Waals surface area (Å²) in [7, 11) is 0. The lowest BCUT2D eigenvalue weighted by atomic mass is 9.98. The number of thiazole rings is 1. The van der Waals surface area contributed by atoms with Crippen LogP contribution in [0.2, 0.25) is 0 Å². The van der Waals surface area contributed by atoms with Crippen molar-refractivity contribution in [2.24, 2.45) is 0 Å². The van der Waals surface area contributed by atoms with Crippen molar-refractivity contribution >= 4 is 17.2 Å². The smallest absolute Gasteiger partial charge is 0.245 e. The third-order valence-corrected chi connectivity index (χ3v) is 5.17. The maximum absolute atomic E-state index is 12.6. The molecule has 0 aromatic carbocycles. The van der Waals surface area contributed by atoms with Crippen molar-refractivity contribution in [1.82, 2.24) is 19.4 Å². The molecule has 6 heteroatoms. The molecule has 2 aromatic heterocycles. The first-order chi connectivity index (χ1) is 10.1. The predicted molar refractivity (Wildman–Crippen MR) is 82.3 cm³/mol. The number of imidazole rings is 1. The van der Waals surface area contributed by atoms with Crippen LogP contribution in [0.1, 0.15) is 42.4 Å². The second-order valence-corrected chi connectivity index (χ2v) is 6.53. The van der Waals surface area contributed by atoms with E-state index in [2.05, 4.69) is 15.3 Å². The number of likely N-dealkylation sites (tertiary alicyclic amines) is 1. The molecule has 3 rings (SSSR count). The summed E-state index contributed by atoms with van der Waals surface area (Å²) >= 11 is 1.71. The zero-order valence-electron chi connectivity index (χ0n) is 12.4. The van der Waals surface area contributed by atoms with Crippen molar-refractivity contribution in [3.8, 4) is 0 Å². The van der Waals surface area contributed by atoms with E-state index >= 15 is 0 Å². The molecule has 0 spiro atoms. The van der Waals surface area contributed by atoms with Crippen LogP contribution >= 0.6 is 11.3 Å². The number of hydrogen-bond donors (Lipinski definition) is 0. The van der Waals surface area contributed by atoms with Gasteiger partial charge in [0.2, 0.25) is 5.91 Å². The molecular formula is C15H20N4OS. The second-order valence-electron chi connectivity index (χ2n) is 5.64. The summed E-state index contributed by atoms with van der Waals surface area (Å²) in [6.07, 6.45) is 7.42. The lowest BCUT2D eigenvalue weighted by Crippen LogP contribution is -2.42. The largest absolute Gasteiger partial charge is 0.340 e. The van der Waals surface area contributed by atoms with Crippen molar-refractivity contribution in [2.45, 2.75) is 38.6 Å². The molecule has 0 bridgehead atoms. The molecule has 112 valence electrons. The predicted octanol–water partition coefficient (Wildman–Crippen LogP) is 2.62. The van der Waals surface area contributed by atoms with Crippen molar-refractivity contribution < 1.29 is 4.79 Å². The van der Waals surface area contributed by atoms with E-state index in [0.717, 1.165) is 31.6 Å². The van der Waals surface area contributed by atoms with E-state index in [1.54, 1.807) is 23.9 Å². The van der Waals surface area contributed by atoms with E-state index in [1.165, 1.54) is 5.01 Å². The van der Waals surface area contributed by atoms with Crippen LogP contribution in [0.4, 0.5) is 0 Å². The highest BCUT2D eigenvalue weighted by Crippen LogP contribution is 2.30. The summed E-state index contributed by atoms with van der Waals surface area (Å²) in [6.45, 7) is 5.58. The Morgan fingerprint density at radius 2 is 2.38 bits per heavy atom. The maximum atomic E-state index is 12.6. The van der Waals surface area contributed by atoms with Gasteiger partial charge in [-0.15, -0.1) is 11.3 Å². The molecule has 0 unspecified atom stereocenters. The molecule has 1 amide bonds. The Labute approximate surface area is 128 Å². The van der Waals surface area contributed by atoms with Gasteiger partial charge in [-0.1, -0.05) is 0 Å². The number of carbonyl (C=O) groups is 1. The van der Waals surface area contributed by atoms with Gasteiger partial charge in [-0.05, 0) is 26.7 Å². The van der Waals surface area contributed by atoms with Crippen molar-refractivity contribution in [3.63, 3.8) is 0 Å². The fourth-order valence-corrected chi connectivity index (χ4v) is 3.75. The van der Waals surface area contributed by atoms with Gasteiger partial charge in [0.1, 0.15) is 6.04 Å². The van der Waals surface area contributed by atoms with Gasteiger partial charge in [-0.2, -0.15) is 0 Å². The number of piperidine rings is 1. The lowest BCUT2D eigenvalue weighted by molar-refractivity contribution is -0.135. The first kappa shape index (κ1) is 14.3. The molecule has 0 aliphatic carbocycles. The number of hydrogen-bond acceptors (Lipinski definition) is 4. The van der Waals surface area contributed by atoms with E-state index in [1.807, 2.05) is 29.5 Å². The number of rotatable bonds is 3. The summed E-state index contributed by atoms with van der Waals surface area (Å²) < 4.78 is 1.86. The first-order valence-corrected chi connectivity index (χ1v) is 8.21. The summed E-state index contributed by atoms with van der Waals surface area (Å²) in [5.41, 5.74) is 1.07. The Morgan fingerprint density at radius 1 is 1.52 bits per heavy atom. The number of aromatic nitrogens is 3. The highest BCUT2D eigenvalue weighted by molar-refractivity contribution is 7.09. The number of nitrogens with zero attached hydrogens (tertiary/aromatic N) is 4. The van der Waals surface area contributed by atoms with Crippen molar-refractivity contribution in [3.05, 3.63) is 34.8 Å². The van der Waals surface area contributed by atoms with Crippen LogP contribution in [0.25, 0.3) is 0 Å². The van der Waals surface area contributed by atoms with Gasteiger partial charge in [0.15, 0.2) is 0 Å². The average molecular weight is 304 g/mol. The second kappa shape index (κ2) is 5.97. The van der Waals surface area contributed by atoms with Crippen LogP contribution in [-0.2, 0) is 4.79 Å². The summed E-state index contributed by atoms with van der Waals surface area (Å²) in [5.74, 6) is 0.558. The van der Waals surface area contributed by atoms with Gasteiger partial charge in [-0.3, -0.25) is 4.79 Å². The number of amides is 1. The quantitative estimate of drug-likeness (QED) is 0.876. The third kappa shape index (κ3) is 3.00. The molecule has 2 aromatic rings. The fraction of sp³-hybridized carbons (Fsp3) is 0.533. The van der Waals surface area contributed by atoms with E-state index in [4.69, 9.17) is 0 Å². The van der Waals surface area contributed by atoms with Crippen LogP contribution in [0.3, 0.4) is 0 Å². The number of carbonyl (C=O) groups excluding carboxylic acids is 1. The van der Waals surface area contributed by atoms with Crippen LogP contribution in [0.15, 0.2) is 24.1 Å². The van der Waals surface area contributed by atoms with Gasteiger partial charge >= 0.3 is 0 Å². The lowest BCUT2D eigenvalue weighted by Gasteiger charge is -2.33. The average Bonchev–Trinajstić information content (AvgIpc) is 3.17. The van der Waals surface area contributed by atoms with Gasteiger partial charge in [-0.25, -0.2) is 9.97 Å². The minimum absolute atomic E-state index is 0.172. The topological polar surface area (TPSA) is 51.0 Å². The zero-order valence-corrected chi connectivity index (χ0v) is 13.2. The van der Waals surface area contributed by atoms with E-state index in [-0.39, 0.29) is 11.9 Å². The van der Waals surface area contributed by atoms with Crippen LogP contribution in [-0.4, -0.2) is 38.4 Å². The Hall–Kier alpha value is -1.69. The Morgan fingerprint density at radius 3 is 3.05 bits per heavy atom. The number of aryl methyl sites for hydroxylation is 1. The van der Waals surface area contributed by atoms with Crippen molar-refractivity contribution in [1.29, 1.82) is 0 Å². The van der Waals surface area contributed by atoms with Crippen LogP contribution < -0.4 is 0 Å². The summed E-state index contributed by atoms with van der Waals surface area (Å²) in [4.78, 5) is 23.2. The van der Waals surface area contributed by atoms with E-state index in [9.17, 15) is 4.79 Å². The van der Waals surface area contributed by atoms with Gasteiger partial charge < -0.3 is 9.47 Å². The molecule has 2 atom stereocenters. The molecule has 21 heavy (non-hydrogen) atoms. The summed E-state index contributed by atoms with van der Waals surface area (Å²) in [5, 5.41) is 3.25. The highest BCUT2D eigenvalue weighted by atomic mass is 32.1. The van der Waals surface area contributed by atoms with Gasteiger partial charge in [0.05, 0.1) is 11.3 Å². The maximum Gasteiger partial charge on any atom is 0.245 e. The minimum atomic E-state index is -0.190. The van der Waals surface area contributed by atoms with Crippen LogP contribution in [0, 0.1) is 6.92 Å².